The van der Waals surface area contributed by atoms with Crippen molar-refractivity contribution in [2.75, 3.05) is 0 Å². The van der Waals surface area contributed by atoms with Crippen molar-refractivity contribution in [3.05, 3.63) is 84.0 Å². The summed E-state index contributed by atoms with van der Waals surface area (Å²) in [6.07, 6.45) is 6.72. The van der Waals surface area contributed by atoms with Gasteiger partial charge in [-0.3, -0.25) is 0 Å². The van der Waals surface area contributed by atoms with Gasteiger partial charge in [-0.2, -0.15) is 5.11 Å². The third-order valence-corrected chi connectivity index (χ3v) is 3.82. The van der Waals surface area contributed by atoms with E-state index in [1.807, 2.05) is 42.5 Å². The van der Waals surface area contributed by atoms with Crippen LogP contribution < -0.4 is 0 Å². The van der Waals surface area contributed by atoms with Gasteiger partial charge < -0.3 is 15.3 Å². The Morgan fingerprint density at radius 2 is 1.72 bits per heavy atom. The summed E-state index contributed by atoms with van der Waals surface area (Å²) in [5.41, 5.74) is -0.552. The van der Waals surface area contributed by atoms with Gasteiger partial charge in [0.2, 0.25) is 5.72 Å². The molecule has 2 aromatic rings. The maximum Gasteiger partial charge on any atom is 0.339 e. The highest BCUT2D eigenvalue weighted by atomic mass is 16.4. The van der Waals surface area contributed by atoms with Crippen LogP contribution >= 0.6 is 0 Å². The maximum atomic E-state index is 11.0. The summed E-state index contributed by atoms with van der Waals surface area (Å²) in [4.78, 5) is 11.0. The number of allylic oxidation sites excluding steroid dienone is 2. The lowest BCUT2D eigenvalue weighted by Crippen LogP contribution is -2.21. The Morgan fingerprint density at radius 1 is 1.04 bits per heavy atom. The Hall–Kier alpha value is -3.25. The van der Waals surface area contributed by atoms with Crippen LogP contribution in [-0.4, -0.2) is 27.0 Å². The molecular weight excluding hydrogens is 320 g/mol. The molecule has 0 spiro atoms. The molecule has 126 valence electrons. The molecule has 0 aromatic heterocycles. The maximum absolute atomic E-state index is 11.0. The van der Waals surface area contributed by atoms with E-state index in [4.69, 9.17) is 5.11 Å². The molecule has 0 saturated carbocycles. The first-order valence-corrected chi connectivity index (χ1v) is 7.62. The molecule has 0 aliphatic heterocycles. The number of aliphatic hydroxyl groups is 1. The molecule has 6 heteroatoms. The average molecular weight is 336 g/mol. The molecule has 0 heterocycles. The van der Waals surface area contributed by atoms with Crippen molar-refractivity contribution < 1.29 is 20.1 Å². The van der Waals surface area contributed by atoms with Crippen molar-refractivity contribution in [3.63, 3.8) is 0 Å². The molecule has 0 radical (unpaired) electrons. The number of hydrogen-bond donors (Lipinski definition) is 3. The first kappa shape index (κ1) is 16.6. The Morgan fingerprint density at radius 3 is 2.36 bits per heavy atom. The number of benzene rings is 2. The van der Waals surface area contributed by atoms with Gasteiger partial charge in [-0.15, -0.1) is 5.11 Å². The number of rotatable bonds is 4. The largest absolute Gasteiger partial charge is 0.507 e. The van der Waals surface area contributed by atoms with Crippen LogP contribution in [0.25, 0.3) is 0 Å². The molecule has 0 bridgehead atoms. The van der Waals surface area contributed by atoms with E-state index in [1.54, 1.807) is 0 Å². The van der Waals surface area contributed by atoms with Crippen LogP contribution in [0.1, 0.15) is 21.8 Å². The fourth-order valence-corrected chi connectivity index (χ4v) is 2.47. The molecule has 0 fully saturated rings. The van der Waals surface area contributed by atoms with Gasteiger partial charge in [0.15, 0.2) is 0 Å². The number of carboxylic acid groups (broad SMARTS) is 1. The predicted octanol–water partition coefficient (Wildman–Crippen LogP) is 3.77. The van der Waals surface area contributed by atoms with Gasteiger partial charge in [0.1, 0.15) is 11.3 Å². The molecule has 6 nitrogen and oxygen atoms in total. The smallest absolute Gasteiger partial charge is 0.339 e. The third-order valence-electron chi connectivity index (χ3n) is 3.82. The number of hydrogen-bond acceptors (Lipinski definition) is 5. The fourth-order valence-electron chi connectivity index (χ4n) is 2.47. The number of carbonyl (C=O) groups is 1. The highest BCUT2D eigenvalue weighted by Crippen LogP contribution is 2.29. The van der Waals surface area contributed by atoms with Crippen molar-refractivity contribution >= 4 is 11.7 Å². The molecule has 0 amide bonds. The third kappa shape index (κ3) is 3.81. The number of aromatic hydroxyl groups is 1. The van der Waals surface area contributed by atoms with Gasteiger partial charge in [0, 0.05) is 5.92 Å². The summed E-state index contributed by atoms with van der Waals surface area (Å²) in [7, 11) is 0. The molecule has 0 saturated heterocycles. The number of carboxylic acids is 1. The van der Waals surface area contributed by atoms with Crippen LogP contribution in [0.2, 0.25) is 0 Å². The number of nitrogens with zero attached hydrogens (tertiary/aromatic N) is 2. The lowest BCUT2D eigenvalue weighted by atomic mass is 9.92. The second kappa shape index (κ2) is 6.70. The summed E-state index contributed by atoms with van der Waals surface area (Å²) in [5, 5.41) is 36.7. The SMILES string of the molecule is O=C(O)c1cc(N=NC2(O)C=CC(c3ccccc3)C=C2)ccc1O. The zero-order valence-corrected chi connectivity index (χ0v) is 13.1. The van der Waals surface area contributed by atoms with Gasteiger partial charge in [0.25, 0.3) is 0 Å². The van der Waals surface area contributed by atoms with Crippen molar-refractivity contribution in [3.8, 4) is 5.75 Å². The number of azo groups is 1. The second-order valence-corrected chi connectivity index (χ2v) is 5.64. The van der Waals surface area contributed by atoms with Crippen LogP contribution in [0.4, 0.5) is 5.69 Å². The van der Waals surface area contributed by atoms with Gasteiger partial charge in [0.05, 0.1) is 5.69 Å². The van der Waals surface area contributed by atoms with Crippen molar-refractivity contribution in [1.82, 2.24) is 0 Å². The fraction of sp³-hybridized carbons (Fsp3) is 0.105. The van der Waals surface area contributed by atoms with Crippen LogP contribution in [0, 0.1) is 0 Å². The first-order chi connectivity index (χ1) is 12.0. The monoisotopic (exact) mass is 336 g/mol. The lowest BCUT2D eigenvalue weighted by molar-refractivity contribution is 0.0693. The average Bonchev–Trinajstić information content (AvgIpc) is 2.62. The second-order valence-electron chi connectivity index (χ2n) is 5.64. The Bertz CT molecular complexity index is 858. The summed E-state index contributed by atoms with van der Waals surface area (Å²) in [6, 6.07) is 13.6. The normalized spacial score (nSPS) is 22.4. The zero-order chi connectivity index (χ0) is 17.9. The lowest BCUT2D eigenvalue weighted by Gasteiger charge is -2.20. The van der Waals surface area contributed by atoms with Crippen LogP contribution in [0.5, 0.6) is 5.75 Å². The van der Waals surface area contributed by atoms with E-state index in [0.717, 1.165) is 5.56 Å². The Labute approximate surface area is 144 Å². The molecule has 0 atom stereocenters. The molecule has 3 N–H and O–H groups in total. The van der Waals surface area contributed by atoms with E-state index >= 15 is 0 Å². The molecule has 1 aliphatic carbocycles. The quantitative estimate of drug-likeness (QED) is 0.584. The van der Waals surface area contributed by atoms with Crippen molar-refractivity contribution in [2.45, 2.75) is 11.6 Å². The Balaban J connectivity index is 1.77. The highest BCUT2D eigenvalue weighted by Gasteiger charge is 2.23. The molecule has 1 aliphatic rings. The topological polar surface area (TPSA) is 102 Å². The van der Waals surface area contributed by atoms with E-state index in [0.29, 0.717) is 0 Å². The summed E-state index contributed by atoms with van der Waals surface area (Å²) >= 11 is 0. The molecule has 2 aromatic carbocycles. The zero-order valence-electron chi connectivity index (χ0n) is 13.1. The van der Waals surface area contributed by atoms with Crippen LogP contribution in [0.15, 0.2) is 83.1 Å². The summed E-state index contributed by atoms with van der Waals surface area (Å²) < 4.78 is 0. The number of phenols is 1. The summed E-state index contributed by atoms with van der Waals surface area (Å²) in [6.45, 7) is 0. The van der Waals surface area contributed by atoms with Gasteiger partial charge in [-0.05, 0) is 35.9 Å². The van der Waals surface area contributed by atoms with E-state index in [1.165, 1.54) is 30.4 Å². The minimum Gasteiger partial charge on any atom is -0.507 e. The minimum absolute atomic E-state index is 0.0453. The molecule has 0 unspecified atom stereocenters. The molecular formula is C19H16N2O4. The minimum atomic E-state index is -1.59. The van der Waals surface area contributed by atoms with Crippen molar-refractivity contribution in [2.24, 2.45) is 10.2 Å². The Kier molecular flexibility index (Phi) is 4.45. The van der Waals surface area contributed by atoms with Crippen LogP contribution in [-0.2, 0) is 0 Å². The number of aromatic carboxylic acids is 1. The van der Waals surface area contributed by atoms with E-state index < -0.39 is 11.7 Å². The predicted molar refractivity (Wildman–Crippen MR) is 92.0 cm³/mol. The van der Waals surface area contributed by atoms with Crippen molar-refractivity contribution in [1.29, 1.82) is 0 Å². The summed E-state index contributed by atoms with van der Waals surface area (Å²) in [5.74, 6) is -1.58. The van der Waals surface area contributed by atoms with Gasteiger partial charge in [-0.1, -0.05) is 42.5 Å². The molecule has 3 rings (SSSR count). The first-order valence-electron chi connectivity index (χ1n) is 7.62. The van der Waals surface area contributed by atoms with Gasteiger partial charge in [-0.25, -0.2) is 4.79 Å². The van der Waals surface area contributed by atoms with E-state index in [2.05, 4.69) is 10.2 Å². The van der Waals surface area contributed by atoms with Gasteiger partial charge >= 0.3 is 5.97 Å². The molecule has 25 heavy (non-hydrogen) atoms. The van der Waals surface area contributed by atoms with Crippen LogP contribution in [0.3, 0.4) is 0 Å². The highest BCUT2D eigenvalue weighted by molar-refractivity contribution is 5.91. The van der Waals surface area contributed by atoms with E-state index in [9.17, 15) is 15.0 Å². The van der Waals surface area contributed by atoms with E-state index in [-0.39, 0.29) is 22.9 Å². The standard InChI is InChI=1S/C19H16N2O4/c22-17-7-6-15(12-16(17)18(23)24)20-21-19(25)10-8-14(9-11-19)13-4-2-1-3-5-13/h1-12,14,22,25H,(H,23,24).